The fourth-order valence-corrected chi connectivity index (χ4v) is 2.50. The van der Waals surface area contributed by atoms with Crippen molar-refractivity contribution in [2.24, 2.45) is 5.16 Å². The third-order valence-electron chi connectivity index (χ3n) is 3.68. The van der Waals surface area contributed by atoms with Crippen molar-refractivity contribution in [2.75, 3.05) is 13.7 Å². The maximum absolute atomic E-state index is 5.50. The monoisotopic (exact) mass is 296 g/mol. The van der Waals surface area contributed by atoms with Crippen LogP contribution in [0.3, 0.4) is 0 Å². The molecule has 0 aliphatic carbocycles. The van der Waals surface area contributed by atoms with Gasteiger partial charge in [0.2, 0.25) is 0 Å². The van der Waals surface area contributed by atoms with Crippen LogP contribution in [0.25, 0.3) is 0 Å². The van der Waals surface area contributed by atoms with Crippen LogP contribution in [0, 0.1) is 0 Å². The average Bonchev–Trinajstić information content (AvgIpc) is 3.05. The number of hydrogen-bond acceptors (Lipinski definition) is 4. The Balaban J connectivity index is 1.46. The Labute approximate surface area is 130 Å². The molecule has 2 aromatic carbocycles. The molecule has 0 aromatic heterocycles. The molecule has 22 heavy (non-hydrogen) atoms. The normalized spacial score (nSPS) is 17.0. The Morgan fingerprint density at radius 2 is 2.05 bits per heavy atom. The first-order chi connectivity index (χ1) is 10.8. The Morgan fingerprint density at radius 3 is 2.86 bits per heavy atom. The van der Waals surface area contributed by atoms with Crippen LogP contribution in [0.15, 0.2) is 59.8 Å². The van der Waals surface area contributed by atoms with Gasteiger partial charge in [0.05, 0.1) is 12.8 Å². The van der Waals surface area contributed by atoms with Gasteiger partial charge in [-0.05, 0) is 23.3 Å². The summed E-state index contributed by atoms with van der Waals surface area (Å²) in [5, 5.41) is 7.61. The highest BCUT2D eigenvalue weighted by Gasteiger charge is 2.21. The van der Waals surface area contributed by atoms with Gasteiger partial charge in [-0.1, -0.05) is 47.6 Å². The van der Waals surface area contributed by atoms with Gasteiger partial charge < -0.3 is 14.9 Å². The summed E-state index contributed by atoms with van der Waals surface area (Å²) in [7, 11) is 1.68. The van der Waals surface area contributed by atoms with Gasteiger partial charge in [-0.3, -0.25) is 0 Å². The second-order valence-electron chi connectivity index (χ2n) is 5.32. The molecule has 0 unspecified atom stereocenters. The minimum Gasteiger partial charge on any atom is -0.497 e. The lowest BCUT2D eigenvalue weighted by atomic mass is 10.1. The molecule has 0 saturated carbocycles. The number of benzene rings is 2. The Bertz CT molecular complexity index is 641. The van der Waals surface area contributed by atoms with Crippen molar-refractivity contribution >= 4 is 5.71 Å². The Hall–Kier alpha value is -2.33. The van der Waals surface area contributed by atoms with Gasteiger partial charge in [-0.25, -0.2) is 0 Å². The standard InChI is InChI=1S/C18H20N2O2/c1-21-16-9-5-6-14(10-16)12-19-13-17-11-18(20-22-17)15-7-3-2-4-8-15/h2-10,17,19H,11-13H2,1H3/t17-/m0/s1. The maximum atomic E-state index is 5.50. The summed E-state index contributed by atoms with van der Waals surface area (Å²) in [6.07, 6.45) is 0.940. The van der Waals surface area contributed by atoms with E-state index in [2.05, 4.69) is 28.7 Å². The number of methoxy groups -OCH3 is 1. The number of nitrogens with zero attached hydrogens (tertiary/aromatic N) is 1. The second-order valence-corrected chi connectivity index (χ2v) is 5.32. The van der Waals surface area contributed by atoms with Crippen LogP contribution in [0.1, 0.15) is 17.5 Å². The fourth-order valence-electron chi connectivity index (χ4n) is 2.50. The highest BCUT2D eigenvalue weighted by molar-refractivity contribution is 6.01. The van der Waals surface area contributed by atoms with Crippen molar-refractivity contribution in [3.8, 4) is 5.75 Å². The van der Waals surface area contributed by atoms with E-state index in [1.54, 1.807) is 7.11 Å². The molecule has 1 atom stereocenters. The molecule has 4 heteroatoms. The van der Waals surface area contributed by atoms with Crippen molar-refractivity contribution in [1.82, 2.24) is 5.32 Å². The van der Waals surface area contributed by atoms with Crippen LogP contribution >= 0.6 is 0 Å². The predicted molar refractivity (Wildman–Crippen MR) is 87.2 cm³/mol. The van der Waals surface area contributed by atoms with E-state index in [0.29, 0.717) is 0 Å². The third-order valence-corrected chi connectivity index (χ3v) is 3.68. The number of ether oxygens (including phenoxy) is 1. The lowest BCUT2D eigenvalue weighted by Crippen LogP contribution is -2.26. The average molecular weight is 296 g/mol. The molecule has 3 rings (SSSR count). The topological polar surface area (TPSA) is 42.8 Å². The molecule has 0 amide bonds. The van der Waals surface area contributed by atoms with Gasteiger partial charge in [-0.15, -0.1) is 0 Å². The van der Waals surface area contributed by atoms with E-state index >= 15 is 0 Å². The van der Waals surface area contributed by atoms with Crippen molar-refractivity contribution < 1.29 is 9.57 Å². The highest BCUT2D eigenvalue weighted by Crippen LogP contribution is 2.16. The zero-order valence-electron chi connectivity index (χ0n) is 12.7. The molecule has 1 N–H and O–H groups in total. The molecule has 2 aromatic rings. The van der Waals surface area contributed by atoms with E-state index in [-0.39, 0.29) is 6.10 Å². The SMILES string of the molecule is COc1cccc(CNC[C@@H]2CC(c3ccccc3)=NO2)c1. The Kier molecular flexibility index (Phi) is 4.71. The van der Waals surface area contributed by atoms with E-state index in [0.717, 1.165) is 36.5 Å². The first-order valence-corrected chi connectivity index (χ1v) is 7.47. The summed E-state index contributed by atoms with van der Waals surface area (Å²) in [5.41, 5.74) is 3.35. The van der Waals surface area contributed by atoms with E-state index < -0.39 is 0 Å². The van der Waals surface area contributed by atoms with Gasteiger partial charge in [-0.2, -0.15) is 0 Å². The Morgan fingerprint density at radius 1 is 1.18 bits per heavy atom. The fraction of sp³-hybridized carbons (Fsp3) is 0.278. The van der Waals surface area contributed by atoms with E-state index in [9.17, 15) is 0 Å². The van der Waals surface area contributed by atoms with E-state index in [4.69, 9.17) is 9.57 Å². The number of nitrogens with one attached hydrogen (secondary N) is 1. The predicted octanol–water partition coefficient (Wildman–Crippen LogP) is 2.98. The molecule has 114 valence electrons. The van der Waals surface area contributed by atoms with Crippen LogP contribution in [-0.4, -0.2) is 25.5 Å². The van der Waals surface area contributed by atoms with Crippen LogP contribution in [0.5, 0.6) is 5.75 Å². The molecular weight excluding hydrogens is 276 g/mol. The summed E-state index contributed by atoms with van der Waals surface area (Å²) in [5.74, 6) is 0.881. The zero-order chi connectivity index (χ0) is 15.2. The number of rotatable bonds is 6. The number of oxime groups is 1. The summed E-state index contributed by atoms with van der Waals surface area (Å²) in [6, 6.07) is 18.2. The maximum Gasteiger partial charge on any atom is 0.145 e. The molecule has 0 saturated heterocycles. The first-order valence-electron chi connectivity index (χ1n) is 7.47. The molecule has 0 spiro atoms. The van der Waals surface area contributed by atoms with Gasteiger partial charge >= 0.3 is 0 Å². The largest absolute Gasteiger partial charge is 0.497 e. The van der Waals surface area contributed by atoms with Gasteiger partial charge in [0.15, 0.2) is 0 Å². The van der Waals surface area contributed by atoms with Crippen LogP contribution in [-0.2, 0) is 11.4 Å². The van der Waals surface area contributed by atoms with E-state index in [1.807, 2.05) is 36.4 Å². The molecule has 1 heterocycles. The van der Waals surface area contributed by atoms with Gasteiger partial charge in [0.25, 0.3) is 0 Å². The lowest BCUT2D eigenvalue weighted by Gasteiger charge is -2.10. The van der Waals surface area contributed by atoms with Crippen LogP contribution in [0.4, 0.5) is 0 Å². The lowest BCUT2D eigenvalue weighted by molar-refractivity contribution is 0.0848. The second kappa shape index (κ2) is 7.09. The smallest absolute Gasteiger partial charge is 0.145 e. The minimum absolute atomic E-state index is 0.0980. The number of hydrogen-bond donors (Lipinski definition) is 1. The first kappa shape index (κ1) is 14.6. The summed E-state index contributed by atoms with van der Waals surface area (Å²) in [6.45, 7) is 1.56. The van der Waals surface area contributed by atoms with Crippen LogP contribution < -0.4 is 10.1 Å². The van der Waals surface area contributed by atoms with Crippen molar-refractivity contribution in [3.05, 3.63) is 65.7 Å². The molecule has 0 radical (unpaired) electrons. The molecule has 0 fully saturated rings. The van der Waals surface area contributed by atoms with Crippen LogP contribution in [0.2, 0.25) is 0 Å². The van der Waals surface area contributed by atoms with Crippen molar-refractivity contribution in [1.29, 1.82) is 0 Å². The van der Waals surface area contributed by atoms with Crippen molar-refractivity contribution in [3.63, 3.8) is 0 Å². The highest BCUT2D eigenvalue weighted by atomic mass is 16.6. The van der Waals surface area contributed by atoms with Crippen molar-refractivity contribution in [2.45, 2.75) is 19.1 Å². The molecule has 1 aliphatic rings. The zero-order valence-corrected chi connectivity index (χ0v) is 12.7. The quantitative estimate of drug-likeness (QED) is 0.891. The molecular formula is C18H20N2O2. The van der Waals surface area contributed by atoms with Gasteiger partial charge in [0.1, 0.15) is 11.9 Å². The van der Waals surface area contributed by atoms with E-state index in [1.165, 1.54) is 5.56 Å². The molecule has 1 aliphatic heterocycles. The minimum atomic E-state index is 0.0980. The third kappa shape index (κ3) is 3.65. The summed E-state index contributed by atoms with van der Waals surface area (Å²) < 4.78 is 5.23. The van der Waals surface area contributed by atoms with Gasteiger partial charge in [0, 0.05) is 19.5 Å². The molecule has 0 bridgehead atoms. The molecule has 4 nitrogen and oxygen atoms in total. The summed E-state index contributed by atoms with van der Waals surface area (Å²) in [4.78, 5) is 5.50. The summed E-state index contributed by atoms with van der Waals surface area (Å²) >= 11 is 0.